The Balaban J connectivity index is 1.42. The Morgan fingerprint density at radius 2 is 1.57 bits per heavy atom. The van der Waals surface area contributed by atoms with E-state index in [0.717, 1.165) is 48.7 Å². The van der Waals surface area contributed by atoms with Crippen molar-refractivity contribution in [2.75, 3.05) is 5.75 Å². The largest absolute Gasteiger partial charge is 0.494 e. The number of rotatable bonds is 3. The number of thioether (sulfide) groups is 1. The van der Waals surface area contributed by atoms with Gasteiger partial charge in [0.05, 0.1) is 16.6 Å². The topological polar surface area (TPSA) is 49.2 Å². The van der Waals surface area contributed by atoms with Gasteiger partial charge in [0.2, 0.25) is 0 Å². The van der Waals surface area contributed by atoms with Crippen LogP contribution in [0.15, 0.2) is 24.3 Å². The summed E-state index contributed by atoms with van der Waals surface area (Å²) < 4.78 is 15.1. The van der Waals surface area contributed by atoms with Gasteiger partial charge in [-0.2, -0.15) is 11.8 Å². The molecular formula is C23H32BN3O2S. The van der Waals surface area contributed by atoms with Crippen molar-refractivity contribution in [2.24, 2.45) is 0 Å². The maximum absolute atomic E-state index is 6.22. The molecule has 1 aromatic heterocycles. The van der Waals surface area contributed by atoms with Crippen LogP contribution in [0, 0.1) is 0 Å². The lowest BCUT2D eigenvalue weighted by atomic mass is 9.78. The van der Waals surface area contributed by atoms with Crippen molar-refractivity contribution < 1.29 is 9.31 Å². The fourth-order valence-electron chi connectivity index (χ4n) is 4.60. The number of hydrogen-bond acceptors (Lipinski definition) is 5. The summed E-state index contributed by atoms with van der Waals surface area (Å²) in [6.45, 7) is 14.0. The first-order valence-electron chi connectivity index (χ1n) is 11.1. The molecule has 2 aliphatic heterocycles. The molecule has 0 bridgehead atoms. The molecule has 1 aromatic carbocycles. The second-order valence-electron chi connectivity index (χ2n) is 10.7. The SMILES string of the molecule is CC1(C)Cc2nnc(C3(c4ccc(B5OC(C)(C)C(C)(C)O5)cc4)CC3)n2CCS1. The van der Waals surface area contributed by atoms with Gasteiger partial charge in [0.15, 0.2) is 0 Å². The molecule has 30 heavy (non-hydrogen) atoms. The Labute approximate surface area is 184 Å². The van der Waals surface area contributed by atoms with Crippen LogP contribution in [0.2, 0.25) is 0 Å². The van der Waals surface area contributed by atoms with E-state index in [9.17, 15) is 0 Å². The Kier molecular flexibility index (Phi) is 4.53. The van der Waals surface area contributed by atoms with Gasteiger partial charge in [-0.15, -0.1) is 10.2 Å². The van der Waals surface area contributed by atoms with Gasteiger partial charge in [-0.25, -0.2) is 0 Å². The van der Waals surface area contributed by atoms with E-state index in [2.05, 4.69) is 75.5 Å². The molecule has 160 valence electrons. The normalized spacial score (nSPS) is 25.6. The second-order valence-corrected chi connectivity index (χ2v) is 12.5. The minimum Gasteiger partial charge on any atom is -0.399 e. The fraction of sp³-hybridized carbons (Fsp3) is 0.652. The molecule has 5 rings (SSSR count). The molecule has 7 heteroatoms. The summed E-state index contributed by atoms with van der Waals surface area (Å²) in [6, 6.07) is 8.81. The molecule has 1 aliphatic carbocycles. The predicted octanol–water partition coefficient (Wildman–Crippen LogP) is 3.73. The Morgan fingerprint density at radius 3 is 2.17 bits per heavy atom. The standard InChI is InChI=1S/C23H32BN3O2S/c1-20(2)15-18-25-26-19(27(18)13-14-30-20)23(11-12-23)16-7-9-17(10-8-16)24-28-21(3,4)22(5,6)29-24/h7-10H,11-15H2,1-6H3. The van der Waals surface area contributed by atoms with Crippen LogP contribution in [-0.2, 0) is 27.7 Å². The molecule has 0 N–H and O–H groups in total. The Hall–Kier alpha value is -1.31. The van der Waals surface area contributed by atoms with E-state index in [0.29, 0.717) is 0 Å². The minimum absolute atomic E-state index is 0.0128. The van der Waals surface area contributed by atoms with E-state index in [-0.39, 0.29) is 28.5 Å². The van der Waals surface area contributed by atoms with E-state index in [1.54, 1.807) is 0 Å². The zero-order chi connectivity index (χ0) is 21.4. The van der Waals surface area contributed by atoms with Crippen LogP contribution in [0.1, 0.15) is 71.6 Å². The maximum Gasteiger partial charge on any atom is 0.494 e. The number of benzene rings is 1. The fourth-order valence-corrected chi connectivity index (χ4v) is 5.66. The first kappa shape index (κ1) is 20.6. The lowest BCUT2D eigenvalue weighted by molar-refractivity contribution is 0.00578. The highest BCUT2D eigenvalue weighted by molar-refractivity contribution is 8.00. The third-order valence-corrected chi connectivity index (χ3v) is 8.70. The molecule has 2 fully saturated rings. The highest BCUT2D eigenvalue weighted by Gasteiger charge is 2.53. The summed E-state index contributed by atoms with van der Waals surface area (Å²) >= 11 is 2.04. The molecule has 0 amide bonds. The molecule has 1 saturated carbocycles. The number of hydrogen-bond donors (Lipinski definition) is 0. The number of nitrogens with zero attached hydrogens (tertiary/aromatic N) is 3. The van der Waals surface area contributed by atoms with Crippen LogP contribution in [0.3, 0.4) is 0 Å². The molecule has 2 aromatic rings. The summed E-state index contributed by atoms with van der Waals surface area (Å²) in [5.41, 5.74) is 1.78. The van der Waals surface area contributed by atoms with E-state index < -0.39 is 0 Å². The van der Waals surface area contributed by atoms with E-state index in [1.807, 2.05) is 11.8 Å². The minimum atomic E-state index is -0.321. The smallest absolute Gasteiger partial charge is 0.399 e. The average Bonchev–Trinajstić information content (AvgIpc) is 3.35. The molecule has 0 radical (unpaired) electrons. The van der Waals surface area contributed by atoms with Crippen molar-refractivity contribution in [1.82, 2.24) is 14.8 Å². The predicted molar refractivity (Wildman–Crippen MR) is 122 cm³/mol. The highest BCUT2D eigenvalue weighted by atomic mass is 32.2. The van der Waals surface area contributed by atoms with Crippen molar-refractivity contribution in [3.8, 4) is 0 Å². The number of aromatic nitrogens is 3. The van der Waals surface area contributed by atoms with Crippen molar-refractivity contribution >= 4 is 24.3 Å². The number of fused-ring (bicyclic) bond motifs is 1. The summed E-state index contributed by atoms with van der Waals surface area (Å²) in [5.74, 6) is 3.40. The van der Waals surface area contributed by atoms with Gasteiger partial charge < -0.3 is 13.9 Å². The van der Waals surface area contributed by atoms with Crippen molar-refractivity contribution in [1.29, 1.82) is 0 Å². The molecule has 0 unspecified atom stereocenters. The van der Waals surface area contributed by atoms with Gasteiger partial charge in [-0.1, -0.05) is 38.1 Å². The highest BCUT2D eigenvalue weighted by Crippen LogP contribution is 2.53. The van der Waals surface area contributed by atoms with Crippen LogP contribution >= 0.6 is 11.8 Å². The maximum atomic E-state index is 6.22. The van der Waals surface area contributed by atoms with Crippen LogP contribution in [-0.4, -0.2) is 43.6 Å². The molecule has 3 aliphatic rings. The van der Waals surface area contributed by atoms with Gasteiger partial charge >= 0.3 is 7.12 Å². The Morgan fingerprint density at radius 1 is 0.933 bits per heavy atom. The zero-order valence-electron chi connectivity index (χ0n) is 19.0. The van der Waals surface area contributed by atoms with E-state index in [1.165, 1.54) is 5.56 Å². The van der Waals surface area contributed by atoms with Crippen molar-refractivity contribution in [2.45, 2.75) is 88.7 Å². The second kappa shape index (κ2) is 6.60. The Bertz CT molecular complexity index is 947. The third-order valence-electron chi connectivity index (χ3n) is 7.39. The van der Waals surface area contributed by atoms with Crippen LogP contribution in [0.4, 0.5) is 0 Å². The van der Waals surface area contributed by atoms with Crippen LogP contribution in [0.5, 0.6) is 0 Å². The van der Waals surface area contributed by atoms with Gasteiger partial charge in [0.1, 0.15) is 11.6 Å². The lowest BCUT2D eigenvalue weighted by Crippen LogP contribution is -2.41. The first-order chi connectivity index (χ1) is 14.0. The zero-order valence-corrected chi connectivity index (χ0v) is 19.8. The lowest BCUT2D eigenvalue weighted by Gasteiger charge is -2.32. The van der Waals surface area contributed by atoms with Gasteiger partial charge in [-0.05, 0) is 51.6 Å². The summed E-state index contributed by atoms with van der Waals surface area (Å²) in [5, 5.41) is 9.32. The summed E-state index contributed by atoms with van der Waals surface area (Å²) in [7, 11) is -0.317. The molecule has 0 spiro atoms. The third kappa shape index (κ3) is 3.25. The van der Waals surface area contributed by atoms with Crippen molar-refractivity contribution in [3.05, 3.63) is 41.5 Å². The molecule has 0 atom stereocenters. The van der Waals surface area contributed by atoms with Gasteiger partial charge in [0, 0.05) is 23.5 Å². The molecule has 1 saturated heterocycles. The van der Waals surface area contributed by atoms with Gasteiger partial charge in [-0.3, -0.25) is 0 Å². The van der Waals surface area contributed by atoms with Crippen LogP contribution in [0.25, 0.3) is 0 Å². The summed E-state index contributed by atoms with van der Waals surface area (Å²) in [6.07, 6.45) is 3.25. The first-order valence-corrected chi connectivity index (χ1v) is 12.0. The molecule has 5 nitrogen and oxygen atoms in total. The van der Waals surface area contributed by atoms with E-state index >= 15 is 0 Å². The summed E-state index contributed by atoms with van der Waals surface area (Å²) in [4.78, 5) is 0. The molecular weight excluding hydrogens is 393 g/mol. The molecule has 3 heterocycles. The quantitative estimate of drug-likeness (QED) is 0.702. The average molecular weight is 425 g/mol. The van der Waals surface area contributed by atoms with Crippen molar-refractivity contribution in [3.63, 3.8) is 0 Å². The van der Waals surface area contributed by atoms with Crippen LogP contribution < -0.4 is 5.46 Å². The monoisotopic (exact) mass is 425 g/mol. The van der Waals surface area contributed by atoms with Gasteiger partial charge in [0.25, 0.3) is 0 Å². The van der Waals surface area contributed by atoms with E-state index in [4.69, 9.17) is 14.4 Å².